The Morgan fingerprint density at radius 3 is 1.97 bits per heavy atom. The minimum atomic E-state index is 1.04. The van der Waals surface area contributed by atoms with Crippen molar-refractivity contribution in [3.8, 4) is 0 Å². The highest BCUT2D eigenvalue weighted by atomic mass is 15.3. The molecule has 1 aliphatic rings. The van der Waals surface area contributed by atoms with E-state index in [0.717, 1.165) is 44.1 Å². The normalized spacial score (nSPS) is 15.3. The maximum atomic E-state index is 4.58. The minimum absolute atomic E-state index is 1.04. The lowest BCUT2D eigenvalue weighted by atomic mass is 10.2. The van der Waals surface area contributed by atoms with Gasteiger partial charge < -0.3 is 9.47 Å². The molecule has 32 heavy (non-hydrogen) atoms. The van der Waals surface area contributed by atoms with Crippen LogP contribution in [0.2, 0.25) is 0 Å². The predicted molar refractivity (Wildman–Crippen MR) is 133 cm³/mol. The molecule has 1 fully saturated rings. The van der Waals surface area contributed by atoms with E-state index in [1.54, 1.807) is 0 Å². The van der Waals surface area contributed by atoms with Crippen LogP contribution in [-0.2, 0) is 6.54 Å². The molecule has 5 heteroatoms. The average molecular weight is 424 g/mol. The molecular weight excluding hydrogens is 394 g/mol. The first-order valence-electron chi connectivity index (χ1n) is 11.7. The summed E-state index contributed by atoms with van der Waals surface area (Å²) < 4.78 is 2.51. The van der Waals surface area contributed by atoms with Crippen molar-refractivity contribution in [2.24, 2.45) is 0 Å². The van der Waals surface area contributed by atoms with Gasteiger partial charge in [0.15, 0.2) is 5.82 Å². The van der Waals surface area contributed by atoms with Gasteiger partial charge in [0.1, 0.15) is 0 Å². The Balaban J connectivity index is 1.05. The van der Waals surface area contributed by atoms with Crippen LogP contribution in [0, 0.1) is 0 Å². The molecule has 162 valence electrons. The number of aryl methyl sites for hydroxylation is 1. The molecule has 5 nitrogen and oxygen atoms in total. The van der Waals surface area contributed by atoms with E-state index < -0.39 is 0 Å². The highest BCUT2D eigenvalue weighted by Crippen LogP contribution is 2.29. The van der Waals surface area contributed by atoms with Crippen molar-refractivity contribution in [3.05, 3.63) is 72.8 Å². The zero-order valence-electron chi connectivity index (χ0n) is 18.4. The van der Waals surface area contributed by atoms with Crippen LogP contribution in [0.15, 0.2) is 72.8 Å². The standard InChI is InChI=1S/C27H29N5/c1-4-12-24-23(11-1)27(29-28-24)31-19-17-30(18-20-31)15-7-8-16-32-25-13-5-2-9-21(25)22-10-3-6-14-26(22)32/h1-6,9-14H,7-8,15-20H2,(H,28,29). The quantitative estimate of drug-likeness (QED) is 0.378. The lowest BCUT2D eigenvalue weighted by Gasteiger charge is -2.35. The molecule has 5 aromatic rings. The van der Waals surface area contributed by atoms with Gasteiger partial charge in [-0.15, -0.1) is 0 Å². The zero-order valence-corrected chi connectivity index (χ0v) is 18.4. The fourth-order valence-corrected chi connectivity index (χ4v) is 5.22. The number of unbranched alkanes of at least 4 members (excludes halogenated alkanes) is 1. The fraction of sp³-hybridized carbons (Fsp3) is 0.296. The lowest BCUT2D eigenvalue weighted by molar-refractivity contribution is 0.251. The minimum Gasteiger partial charge on any atom is -0.352 e. The van der Waals surface area contributed by atoms with E-state index in [1.807, 2.05) is 0 Å². The number of nitrogens with one attached hydrogen (secondary N) is 1. The van der Waals surface area contributed by atoms with Crippen molar-refractivity contribution in [1.82, 2.24) is 19.7 Å². The maximum absolute atomic E-state index is 4.58. The Morgan fingerprint density at radius 1 is 0.656 bits per heavy atom. The van der Waals surface area contributed by atoms with Gasteiger partial charge in [0, 0.05) is 59.9 Å². The molecule has 1 aliphatic heterocycles. The molecule has 6 rings (SSSR count). The summed E-state index contributed by atoms with van der Waals surface area (Å²) >= 11 is 0. The summed E-state index contributed by atoms with van der Waals surface area (Å²) in [4.78, 5) is 5.03. The number of nitrogens with zero attached hydrogens (tertiary/aromatic N) is 4. The Labute approximate surface area is 188 Å². The molecule has 0 atom stereocenters. The van der Waals surface area contributed by atoms with Gasteiger partial charge in [-0.2, -0.15) is 5.10 Å². The number of benzene rings is 3. The van der Waals surface area contributed by atoms with E-state index in [0.29, 0.717) is 0 Å². The van der Waals surface area contributed by atoms with Gasteiger partial charge in [-0.05, 0) is 43.7 Å². The number of anilines is 1. The van der Waals surface area contributed by atoms with Crippen molar-refractivity contribution >= 4 is 38.5 Å². The summed E-state index contributed by atoms with van der Waals surface area (Å²) in [7, 11) is 0. The number of hydrogen-bond donors (Lipinski definition) is 1. The number of H-pyrrole nitrogens is 1. The smallest absolute Gasteiger partial charge is 0.158 e. The number of piperazine rings is 1. The number of rotatable bonds is 6. The summed E-state index contributed by atoms with van der Waals surface area (Å²) in [5, 5.41) is 11.7. The molecule has 0 amide bonds. The van der Waals surface area contributed by atoms with Crippen molar-refractivity contribution < 1.29 is 0 Å². The van der Waals surface area contributed by atoms with Gasteiger partial charge in [0.25, 0.3) is 0 Å². The third-order valence-corrected chi connectivity index (χ3v) is 6.91. The maximum Gasteiger partial charge on any atom is 0.158 e. The molecule has 2 aromatic heterocycles. The lowest BCUT2D eigenvalue weighted by Crippen LogP contribution is -2.46. The highest BCUT2D eigenvalue weighted by Gasteiger charge is 2.20. The largest absolute Gasteiger partial charge is 0.352 e. The van der Waals surface area contributed by atoms with E-state index in [1.165, 1.54) is 46.6 Å². The van der Waals surface area contributed by atoms with Crippen molar-refractivity contribution in [3.63, 3.8) is 0 Å². The number of aromatic nitrogens is 3. The van der Waals surface area contributed by atoms with Crippen molar-refractivity contribution in [2.75, 3.05) is 37.6 Å². The summed E-state index contributed by atoms with van der Waals surface area (Å²) in [6.45, 7) is 6.55. The fourth-order valence-electron chi connectivity index (χ4n) is 5.22. The molecule has 0 radical (unpaired) electrons. The third-order valence-electron chi connectivity index (χ3n) is 6.91. The number of fused-ring (bicyclic) bond motifs is 4. The van der Waals surface area contributed by atoms with Crippen LogP contribution in [0.4, 0.5) is 5.82 Å². The van der Waals surface area contributed by atoms with E-state index in [-0.39, 0.29) is 0 Å². The second-order valence-corrected chi connectivity index (χ2v) is 8.81. The van der Waals surface area contributed by atoms with E-state index in [9.17, 15) is 0 Å². The zero-order chi connectivity index (χ0) is 21.3. The molecular formula is C27H29N5. The second kappa shape index (κ2) is 8.32. The molecule has 0 aliphatic carbocycles. The van der Waals surface area contributed by atoms with Crippen LogP contribution in [-0.4, -0.2) is 52.4 Å². The first-order chi connectivity index (χ1) is 15.9. The average Bonchev–Trinajstić information content (AvgIpc) is 3.42. The Morgan fingerprint density at radius 2 is 1.25 bits per heavy atom. The molecule has 0 spiro atoms. The van der Waals surface area contributed by atoms with Crippen LogP contribution in [0.25, 0.3) is 32.7 Å². The van der Waals surface area contributed by atoms with Gasteiger partial charge >= 0.3 is 0 Å². The van der Waals surface area contributed by atoms with Gasteiger partial charge in [-0.3, -0.25) is 10.00 Å². The molecule has 1 saturated heterocycles. The Hall–Kier alpha value is -3.31. The van der Waals surface area contributed by atoms with Crippen LogP contribution >= 0.6 is 0 Å². The van der Waals surface area contributed by atoms with Gasteiger partial charge in [-0.25, -0.2) is 0 Å². The van der Waals surface area contributed by atoms with Crippen LogP contribution in [0.5, 0.6) is 0 Å². The topological polar surface area (TPSA) is 40.1 Å². The highest BCUT2D eigenvalue weighted by molar-refractivity contribution is 6.07. The van der Waals surface area contributed by atoms with Gasteiger partial charge in [0.05, 0.1) is 5.52 Å². The number of hydrogen-bond acceptors (Lipinski definition) is 3. The molecule has 3 heterocycles. The molecule has 0 saturated carbocycles. The van der Waals surface area contributed by atoms with Crippen LogP contribution < -0.4 is 4.90 Å². The van der Waals surface area contributed by atoms with Gasteiger partial charge in [0.2, 0.25) is 0 Å². The van der Waals surface area contributed by atoms with Gasteiger partial charge in [-0.1, -0.05) is 48.5 Å². The summed E-state index contributed by atoms with van der Waals surface area (Å²) in [6.07, 6.45) is 2.43. The molecule has 1 N–H and O–H groups in total. The molecule has 0 bridgehead atoms. The van der Waals surface area contributed by atoms with Crippen molar-refractivity contribution in [1.29, 1.82) is 0 Å². The molecule has 0 unspecified atom stereocenters. The number of para-hydroxylation sites is 3. The second-order valence-electron chi connectivity index (χ2n) is 8.81. The summed E-state index contributed by atoms with van der Waals surface area (Å²) in [6, 6.07) is 26.0. The number of aromatic amines is 1. The monoisotopic (exact) mass is 423 g/mol. The van der Waals surface area contributed by atoms with E-state index in [2.05, 4.69) is 97.4 Å². The Kier molecular flexibility index (Phi) is 5.04. The SMILES string of the molecule is c1ccc2c(N3CCN(CCCCn4c5ccccc5c5ccccc54)CC3)n[nH]c2c1. The van der Waals surface area contributed by atoms with Crippen molar-refractivity contribution in [2.45, 2.75) is 19.4 Å². The molecule has 3 aromatic carbocycles. The Bertz CT molecular complexity index is 1300. The van der Waals surface area contributed by atoms with Crippen LogP contribution in [0.1, 0.15) is 12.8 Å². The van der Waals surface area contributed by atoms with Crippen LogP contribution in [0.3, 0.4) is 0 Å². The first kappa shape index (κ1) is 19.4. The summed E-state index contributed by atoms with van der Waals surface area (Å²) in [5.74, 6) is 1.10. The summed E-state index contributed by atoms with van der Waals surface area (Å²) in [5.41, 5.74) is 3.83. The first-order valence-corrected chi connectivity index (χ1v) is 11.7. The van der Waals surface area contributed by atoms with E-state index in [4.69, 9.17) is 0 Å². The third kappa shape index (κ3) is 3.43. The predicted octanol–water partition coefficient (Wildman–Crippen LogP) is 5.27. The van der Waals surface area contributed by atoms with E-state index >= 15 is 0 Å².